The monoisotopic (exact) mass is 164 g/mol. The van der Waals surface area contributed by atoms with E-state index < -0.39 is 4.87 Å². The van der Waals surface area contributed by atoms with Crippen molar-refractivity contribution < 1.29 is 0 Å². The van der Waals surface area contributed by atoms with Crippen molar-refractivity contribution >= 4 is 23.2 Å². The molecule has 0 amide bonds. The average molecular weight is 165 g/mol. The fraction of sp³-hybridized carbons (Fsp3) is 0.714. The molecule has 0 aliphatic heterocycles. The molecule has 0 bridgehead atoms. The molecule has 0 aromatic heterocycles. The largest absolute Gasteiger partial charge is 0.127 e. The van der Waals surface area contributed by atoms with E-state index in [4.69, 9.17) is 23.2 Å². The Bertz CT molecular complexity index is 128. The molecule has 0 radical (unpaired) electrons. The molecular formula is C7H10Cl2. The van der Waals surface area contributed by atoms with Gasteiger partial charge in [0.15, 0.2) is 0 Å². The summed E-state index contributed by atoms with van der Waals surface area (Å²) in [5.41, 5.74) is 0. The topological polar surface area (TPSA) is 0 Å². The Morgan fingerprint density at radius 2 is 2.11 bits per heavy atom. The lowest BCUT2D eigenvalue weighted by atomic mass is 10.1. The minimum Gasteiger partial charge on any atom is -0.127 e. The molecule has 0 aliphatic carbocycles. The molecule has 2 heteroatoms. The van der Waals surface area contributed by atoms with Gasteiger partial charge >= 0.3 is 0 Å². The third-order valence-electron chi connectivity index (χ3n) is 0.950. The van der Waals surface area contributed by atoms with Crippen LogP contribution in [0.4, 0.5) is 0 Å². The van der Waals surface area contributed by atoms with E-state index in [-0.39, 0.29) is 0 Å². The van der Waals surface area contributed by atoms with Crippen LogP contribution < -0.4 is 0 Å². The van der Waals surface area contributed by atoms with Crippen molar-refractivity contribution in [1.29, 1.82) is 0 Å². The number of hydrogen-bond acceptors (Lipinski definition) is 0. The maximum absolute atomic E-state index is 5.88. The van der Waals surface area contributed by atoms with Crippen LogP contribution in [0.2, 0.25) is 0 Å². The fourth-order valence-electron chi connectivity index (χ4n) is 0.501. The second-order valence-corrected chi connectivity index (χ2v) is 3.22. The molecule has 0 spiro atoms. The zero-order valence-electron chi connectivity index (χ0n) is 5.67. The van der Waals surface area contributed by atoms with Gasteiger partial charge in [-0.25, -0.2) is 0 Å². The number of hydrogen-bond donors (Lipinski definition) is 0. The summed E-state index contributed by atoms with van der Waals surface area (Å²) in [5, 5.41) is 0. The van der Waals surface area contributed by atoms with Gasteiger partial charge in [-0.1, -0.05) is 5.92 Å². The van der Waals surface area contributed by atoms with Crippen molar-refractivity contribution in [3.63, 3.8) is 0 Å². The predicted octanol–water partition coefficient (Wildman–Crippen LogP) is 2.64. The van der Waals surface area contributed by atoms with Crippen molar-refractivity contribution in [1.82, 2.24) is 0 Å². The van der Waals surface area contributed by atoms with Gasteiger partial charge in [0.2, 0.25) is 0 Å². The first-order valence-corrected chi connectivity index (χ1v) is 3.72. The minimum atomic E-state index is -0.420. The number of halogens is 2. The van der Waals surface area contributed by atoms with Crippen LogP contribution in [0.25, 0.3) is 0 Å². The summed E-state index contributed by atoms with van der Waals surface area (Å²) in [7, 11) is 0. The summed E-state index contributed by atoms with van der Waals surface area (Å²) in [6.45, 7) is 3.64. The Morgan fingerprint density at radius 1 is 1.56 bits per heavy atom. The van der Waals surface area contributed by atoms with E-state index in [0.717, 1.165) is 6.42 Å². The molecule has 0 aromatic carbocycles. The van der Waals surface area contributed by atoms with Gasteiger partial charge in [-0.05, 0) is 20.3 Å². The highest BCUT2D eigenvalue weighted by Gasteiger charge is 2.15. The summed E-state index contributed by atoms with van der Waals surface area (Å²) in [4.78, 5) is -0.420. The van der Waals surface area contributed by atoms with Crippen molar-refractivity contribution in [3.8, 4) is 11.8 Å². The molecule has 1 atom stereocenters. The average Bonchev–Trinajstić information content (AvgIpc) is 1.64. The Hall–Kier alpha value is 0.140. The quantitative estimate of drug-likeness (QED) is 0.435. The van der Waals surface area contributed by atoms with E-state index >= 15 is 0 Å². The molecule has 0 saturated heterocycles. The molecule has 0 fully saturated rings. The molecule has 0 aromatic rings. The first kappa shape index (κ1) is 9.14. The lowest BCUT2D eigenvalue weighted by Crippen LogP contribution is -2.13. The van der Waals surface area contributed by atoms with Gasteiger partial charge in [-0.3, -0.25) is 0 Å². The highest BCUT2D eigenvalue weighted by Crippen LogP contribution is 2.17. The first-order chi connectivity index (χ1) is 4.12. The van der Waals surface area contributed by atoms with Crippen LogP contribution in [0.15, 0.2) is 0 Å². The van der Waals surface area contributed by atoms with Crippen LogP contribution in [0.3, 0.4) is 0 Å². The fourth-order valence-corrected chi connectivity index (χ4v) is 1.16. The molecular weight excluding hydrogens is 155 g/mol. The van der Waals surface area contributed by atoms with Gasteiger partial charge < -0.3 is 0 Å². The van der Waals surface area contributed by atoms with Crippen molar-refractivity contribution in [2.75, 3.05) is 5.88 Å². The normalized spacial score (nSPS) is 15.6. The lowest BCUT2D eigenvalue weighted by Gasteiger charge is -2.11. The van der Waals surface area contributed by atoms with Crippen molar-refractivity contribution in [2.24, 2.45) is 0 Å². The van der Waals surface area contributed by atoms with Gasteiger partial charge in [-0.15, -0.1) is 29.1 Å². The zero-order chi connectivity index (χ0) is 7.33. The Labute approximate surface area is 66.5 Å². The molecule has 0 N–H and O–H groups in total. The van der Waals surface area contributed by atoms with Gasteiger partial charge in [-0.2, -0.15) is 0 Å². The summed E-state index contributed by atoms with van der Waals surface area (Å²) >= 11 is 11.3. The number of rotatable bonds is 2. The maximum Gasteiger partial charge on any atom is 0.103 e. The van der Waals surface area contributed by atoms with Crippen molar-refractivity contribution in [3.05, 3.63) is 0 Å². The molecule has 0 aliphatic rings. The van der Waals surface area contributed by atoms with Gasteiger partial charge in [0.1, 0.15) is 4.87 Å². The molecule has 1 unspecified atom stereocenters. The van der Waals surface area contributed by atoms with Crippen molar-refractivity contribution in [2.45, 2.75) is 25.1 Å². The standard InChI is InChI=1S/C7H10Cl2/c1-3-4-7(2,9)5-6-8/h5-6H2,1-2H3. The van der Waals surface area contributed by atoms with Crippen LogP contribution in [-0.4, -0.2) is 10.8 Å². The summed E-state index contributed by atoms with van der Waals surface area (Å²) in [6.07, 6.45) is 0.733. The van der Waals surface area contributed by atoms with E-state index in [2.05, 4.69) is 11.8 Å². The van der Waals surface area contributed by atoms with Crippen LogP contribution in [0.5, 0.6) is 0 Å². The van der Waals surface area contributed by atoms with Gasteiger partial charge in [0, 0.05) is 5.88 Å². The van der Waals surface area contributed by atoms with Crippen LogP contribution in [-0.2, 0) is 0 Å². The Balaban J connectivity index is 3.80. The second-order valence-electron chi connectivity index (χ2n) is 2.01. The lowest BCUT2D eigenvalue weighted by molar-refractivity contribution is 0.771. The molecule has 9 heavy (non-hydrogen) atoms. The third kappa shape index (κ3) is 4.63. The molecule has 0 rings (SSSR count). The predicted molar refractivity (Wildman–Crippen MR) is 43.0 cm³/mol. The molecule has 0 nitrogen and oxygen atoms in total. The Kier molecular flexibility index (Phi) is 4.10. The van der Waals surface area contributed by atoms with Gasteiger partial charge in [0.05, 0.1) is 0 Å². The van der Waals surface area contributed by atoms with E-state index in [0.29, 0.717) is 5.88 Å². The number of alkyl halides is 2. The second kappa shape index (κ2) is 4.04. The van der Waals surface area contributed by atoms with E-state index in [1.165, 1.54) is 0 Å². The van der Waals surface area contributed by atoms with Crippen LogP contribution in [0, 0.1) is 11.8 Å². The molecule has 0 saturated carbocycles. The SMILES string of the molecule is CC#CC(C)(Cl)CCCl. The summed E-state index contributed by atoms with van der Waals surface area (Å²) < 4.78 is 0. The summed E-state index contributed by atoms with van der Waals surface area (Å²) in [6, 6.07) is 0. The third-order valence-corrected chi connectivity index (χ3v) is 1.42. The van der Waals surface area contributed by atoms with E-state index in [9.17, 15) is 0 Å². The maximum atomic E-state index is 5.88. The van der Waals surface area contributed by atoms with Crippen LogP contribution >= 0.6 is 23.2 Å². The van der Waals surface area contributed by atoms with Crippen LogP contribution in [0.1, 0.15) is 20.3 Å². The zero-order valence-corrected chi connectivity index (χ0v) is 7.18. The highest BCUT2D eigenvalue weighted by atomic mass is 35.5. The molecule has 0 heterocycles. The van der Waals surface area contributed by atoms with E-state index in [1.54, 1.807) is 6.92 Å². The smallest absolute Gasteiger partial charge is 0.103 e. The first-order valence-electron chi connectivity index (χ1n) is 2.81. The molecule has 52 valence electrons. The van der Waals surface area contributed by atoms with E-state index in [1.807, 2.05) is 6.92 Å². The Morgan fingerprint density at radius 3 is 2.44 bits per heavy atom. The van der Waals surface area contributed by atoms with Gasteiger partial charge in [0.25, 0.3) is 0 Å². The summed E-state index contributed by atoms with van der Waals surface area (Å²) in [5.74, 6) is 6.17. The highest BCUT2D eigenvalue weighted by molar-refractivity contribution is 6.26. The minimum absolute atomic E-state index is 0.420.